The molecule has 162 valence electrons. The number of nitrogens with one attached hydrogen (secondary N) is 1. The highest BCUT2D eigenvalue weighted by Gasteiger charge is 2.37. The standard InChI is InChI=1S/C19H27FN2O6S/c1-19(2,3)18(22-29(21,25)26)13-4-5-15(20)16(9-13)28-11-14-8-12(14)6-7-27-17(24)10-23/h4-5,9-10,12,14,18,22H,6-8,11H2,1-3H3,(H2,21,25,26). The molecule has 0 radical (unpaired) electrons. The molecule has 10 heteroatoms. The van der Waals surface area contributed by atoms with Gasteiger partial charge in [0.05, 0.1) is 19.3 Å². The fourth-order valence-corrected chi connectivity index (χ4v) is 3.95. The minimum atomic E-state index is -3.96. The van der Waals surface area contributed by atoms with E-state index in [0.29, 0.717) is 12.0 Å². The SMILES string of the molecule is CC(C)(C)C(NS(N)(=O)=O)c1ccc(F)c(OCC2CC2CCOC(=O)C=O)c1. The van der Waals surface area contributed by atoms with E-state index < -0.39 is 33.5 Å². The molecule has 0 aromatic heterocycles. The van der Waals surface area contributed by atoms with E-state index >= 15 is 0 Å². The van der Waals surface area contributed by atoms with Crippen LogP contribution in [0.3, 0.4) is 0 Å². The van der Waals surface area contributed by atoms with Gasteiger partial charge in [0, 0.05) is 0 Å². The second kappa shape index (κ2) is 9.19. The average Bonchev–Trinajstić information content (AvgIpc) is 3.35. The van der Waals surface area contributed by atoms with Crippen LogP contribution in [0.1, 0.15) is 45.2 Å². The fraction of sp³-hybridized carbons (Fsp3) is 0.579. The van der Waals surface area contributed by atoms with Crippen molar-refractivity contribution in [2.45, 2.75) is 39.7 Å². The minimum Gasteiger partial charge on any atom is -0.490 e. The number of hydrogen-bond acceptors (Lipinski definition) is 6. The van der Waals surface area contributed by atoms with E-state index in [-0.39, 0.29) is 37.1 Å². The van der Waals surface area contributed by atoms with Gasteiger partial charge in [-0.3, -0.25) is 4.79 Å². The molecule has 1 aromatic carbocycles. The lowest BCUT2D eigenvalue weighted by Crippen LogP contribution is -2.40. The number of esters is 1. The van der Waals surface area contributed by atoms with Crippen molar-refractivity contribution in [3.05, 3.63) is 29.6 Å². The van der Waals surface area contributed by atoms with Gasteiger partial charge in [-0.05, 0) is 47.8 Å². The molecular weight excluding hydrogens is 403 g/mol. The Kier molecular flexibility index (Phi) is 7.36. The van der Waals surface area contributed by atoms with Crippen LogP contribution in [-0.2, 0) is 24.5 Å². The first-order valence-electron chi connectivity index (χ1n) is 9.25. The molecule has 0 spiro atoms. The van der Waals surface area contributed by atoms with E-state index in [9.17, 15) is 22.4 Å². The predicted octanol–water partition coefficient (Wildman–Crippen LogP) is 1.85. The Hall–Kier alpha value is -2.04. The van der Waals surface area contributed by atoms with Crippen molar-refractivity contribution >= 4 is 22.5 Å². The highest BCUT2D eigenvalue weighted by molar-refractivity contribution is 7.87. The predicted molar refractivity (Wildman–Crippen MR) is 104 cm³/mol. The maximum Gasteiger partial charge on any atom is 0.371 e. The van der Waals surface area contributed by atoms with Crippen molar-refractivity contribution in [2.24, 2.45) is 22.4 Å². The quantitative estimate of drug-likeness (QED) is 0.332. The number of ether oxygens (including phenoxy) is 2. The first kappa shape index (κ1) is 23.2. The Morgan fingerprint density at radius 1 is 1.38 bits per heavy atom. The zero-order chi connectivity index (χ0) is 21.8. The maximum absolute atomic E-state index is 14.2. The van der Waals surface area contributed by atoms with Crippen molar-refractivity contribution in [1.29, 1.82) is 0 Å². The average molecular weight is 430 g/mol. The van der Waals surface area contributed by atoms with Gasteiger partial charge < -0.3 is 9.47 Å². The van der Waals surface area contributed by atoms with Crippen LogP contribution in [0.5, 0.6) is 5.75 Å². The molecule has 29 heavy (non-hydrogen) atoms. The molecule has 1 fully saturated rings. The Morgan fingerprint density at radius 3 is 2.66 bits per heavy atom. The monoisotopic (exact) mass is 430 g/mol. The third kappa shape index (κ3) is 7.37. The number of carbonyl (C=O) groups excluding carboxylic acids is 2. The van der Waals surface area contributed by atoms with Gasteiger partial charge in [0.1, 0.15) is 0 Å². The van der Waals surface area contributed by atoms with Crippen LogP contribution in [0.15, 0.2) is 18.2 Å². The number of carbonyl (C=O) groups is 2. The van der Waals surface area contributed by atoms with Crippen molar-refractivity contribution in [1.82, 2.24) is 4.72 Å². The molecule has 3 atom stereocenters. The van der Waals surface area contributed by atoms with Crippen LogP contribution in [0, 0.1) is 23.1 Å². The molecule has 0 saturated heterocycles. The summed E-state index contributed by atoms with van der Waals surface area (Å²) >= 11 is 0. The highest BCUT2D eigenvalue weighted by atomic mass is 32.2. The summed E-state index contributed by atoms with van der Waals surface area (Å²) in [6, 6.07) is 3.54. The summed E-state index contributed by atoms with van der Waals surface area (Å²) < 4.78 is 50.0. The highest BCUT2D eigenvalue weighted by Crippen LogP contribution is 2.42. The first-order valence-corrected chi connectivity index (χ1v) is 10.8. The van der Waals surface area contributed by atoms with Gasteiger partial charge in [-0.1, -0.05) is 26.8 Å². The van der Waals surface area contributed by atoms with E-state index in [1.54, 1.807) is 0 Å². The molecule has 1 aliphatic rings. The largest absolute Gasteiger partial charge is 0.490 e. The maximum atomic E-state index is 14.2. The summed E-state index contributed by atoms with van der Waals surface area (Å²) in [5.41, 5.74) is 0.0262. The van der Waals surface area contributed by atoms with E-state index in [1.165, 1.54) is 18.2 Å². The molecular formula is C19H27FN2O6S. The Balaban J connectivity index is 1.98. The third-order valence-corrected chi connectivity index (χ3v) is 5.35. The zero-order valence-electron chi connectivity index (χ0n) is 16.7. The van der Waals surface area contributed by atoms with E-state index in [4.69, 9.17) is 14.6 Å². The van der Waals surface area contributed by atoms with Crippen LogP contribution in [0.25, 0.3) is 0 Å². The van der Waals surface area contributed by atoms with Crippen molar-refractivity contribution in [3.8, 4) is 5.75 Å². The van der Waals surface area contributed by atoms with Gasteiger partial charge in [-0.25, -0.2) is 14.3 Å². The fourth-order valence-electron chi connectivity index (χ4n) is 3.13. The molecule has 0 aliphatic heterocycles. The van der Waals surface area contributed by atoms with E-state index in [2.05, 4.69) is 4.72 Å². The molecule has 1 aromatic rings. The lowest BCUT2D eigenvalue weighted by Gasteiger charge is -2.31. The van der Waals surface area contributed by atoms with Gasteiger partial charge in [0.25, 0.3) is 10.2 Å². The Labute approximate surface area is 170 Å². The lowest BCUT2D eigenvalue weighted by atomic mass is 9.83. The number of rotatable bonds is 10. The first-order chi connectivity index (χ1) is 13.4. The number of benzene rings is 1. The van der Waals surface area contributed by atoms with E-state index in [0.717, 1.165) is 6.42 Å². The van der Waals surface area contributed by atoms with Gasteiger partial charge >= 0.3 is 5.97 Å². The summed E-state index contributed by atoms with van der Waals surface area (Å²) in [7, 11) is -3.96. The second-order valence-corrected chi connectivity index (χ2v) is 9.62. The normalized spacial score (nSPS) is 20.0. The van der Waals surface area contributed by atoms with Crippen molar-refractivity contribution in [3.63, 3.8) is 0 Å². The molecule has 1 saturated carbocycles. The van der Waals surface area contributed by atoms with Crippen LogP contribution >= 0.6 is 0 Å². The zero-order valence-corrected chi connectivity index (χ0v) is 17.5. The number of halogens is 1. The minimum absolute atomic E-state index is 0.0333. The molecule has 1 aliphatic carbocycles. The lowest BCUT2D eigenvalue weighted by molar-refractivity contribution is -0.148. The third-order valence-electron chi connectivity index (χ3n) is 4.79. The molecule has 0 bridgehead atoms. The summed E-state index contributed by atoms with van der Waals surface area (Å²) in [6.45, 7) is 5.97. The van der Waals surface area contributed by atoms with Crippen molar-refractivity contribution < 1.29 is 31.9 Å². The molecule has 0 heterocycles. The molecule has 3 N–H and O–H groups in total. The van der Waals surface area contributed by atoms with Crippen LogP contribution in [0.4, 0.5) is 4.39 Å². The summed E-state index contributed by atoms with van der Waals surface area (Å²) in [5, 5.41) is 5.13. The topological polar surface area (TPSA) is 125 Å². The summed E-state index contributed by atoms with van der Waals surface area (Å²) in [5.74, 6) is -0.917. The van der Waals surface area contributed by atoms with Gasteiger partial charge in [-0.2, -0.15) is 13.1 Å². The van der Waals surface area contributed by atoms with Crippen LogP contribution in [-0.4, -0.2) is 33.9 Å². The van der Waals surface area contributed by atoms with E-state index in [1.807, 2.05) is 20.8 Å². The van der Waals surface area contributed by atoms with Gasteiger partial charge in [0.15, 0.2) is 11.6 Å². The summed E-state index contributed by atoms with van der Waals surface area (Å²) in [4.78, 5) is 21.0. The smallest absolute Gasteiger partial charge is 0.371 e. The van der Waals surface area contributed by atoms with Crippen LogP contribution < -0.4 is 14.6 Å². The van der Waals surface area contributed by atoms with Gasteiger partial charge in [-0.15, -0.1) is 0 Å². The Morgan fingerprint density at radius 2 is 2.07 bits per heavy atom. The second-order valence-electron chi connectivity index (χ2n) is 8.29. The summed E-state index contributed by atoms with van der Waals surface area (Å²) in [6.07, 6.45) is 1.59. The van der Waals surface area contributed by atoms with Crippen LogP contribution in [0.2, 0.25) is 0 Å². The van der Waals surface area contributed by atoms with Crippen molar-refractivity contribution in [2.75, 3.05) is 13.2 Å². The van der Waals surface area contributed by atoms with Gasteiger partial charge in [0.2, 0.25) is 6.29 Å². The molecule has 8 nitrogen and oxygen atoms in total. The Bertz CT molecular complexity index is 853. The number of nitrogens with two attached hydrogens (primary N) is 1. The molecule has 2 rings (SSSR count). The number of hydrogen-bond donors (Lipinski definition) is 2. The number of aldehydes is 1. The molecule has 0 amide bonds. The molecule has 3 unspecified atom stereocenters.